The summed E-state index contributed by atoms with van der Waals surface area (Å²) in [6.07, 6.45) is 6.26. The number of amides is 4. The molecular formula is C38H47BrClFN8O5. The van der Waals surface area contributed by atoms with Crippen molar-refractivity contribution in [3.05, 3.63) is 50.7 Å². The van der Waals surface area contributed by atoms with Crippen molar-refractivity contribution < 1.29 is 28.3 Å². The number of nitrogens with one attached hydrogen (secondary N) is 3. The Morgan fingerprint density at radius 3 is 2.39 bits per heavy atom. The van der Waals surface area contributed by atoms with Gasteiger partial charge in [0.05, 0.1) is 9.50 Å². The van der Waals surface area contributed by atoms with Gasteiger partial charge >= 0.3 is 6.09 Å². The van der Waals surface area contributed by atoms with Gasteiger partial charge in [0.15, 0.2) is 5.82 Å². The molecule has 0 radical (unpaired) electrons. The van der Waals surface area contributed by atoms with E-state index in [1.807, 2.05) is 37.8 Å². The number of carbonyl (C=O) groups is 4. The number of hydrogen-bond donors (Lipinski definition) is 3. The molecule has 0 bridgehead atoms. The quantitative estimate of drug-likeness (QED) is 0.0948. The number of unbranched alkanes of at least 4 members (excludes halogenated alkanes) is 5. The first-order valence-corrected chi connectivity index (χ1v) is 19.8. The highest BCUT2D eigenvalue weighted by Gasteiger charge is 2.40. The number of halogens is 3. The van der Waals surface area contributed by atoms with Crippen LogP contribution in [-0.2, 0) is 20.9 Å². The Hall–Kier alpha value is -4.24. The molecule has 1 aromatic heterocycles. The maximum atomic E-state index is 15.4. The van der Waals surface area contributed by atoms with Crippen LogP contribution in [0.25, 0.3) is 10.9 Å². The Balaban J connectivity index is 0.945. The summed E-state index contributed by atoms with van der Waals surface area (Å²) in [4.78, 5) is 64.3. The number of imide groups is 1. The lowest BCUT2D eigenvalue weighted by atomic mass is 10.0. The van der Waals surface area contributed by atoms with Crippen LogP contribution >= 0.6 is 27.5 Å². The van der Waals surface area contributed by atoms with Gasteiger partial charge in [-0.3, -0.25) is 19.7 Å². The summed E-state index contributed by atoms with van der Waals surface area (Å²) in [5.74, 6) is -0.539. The second kappa shape index (κ2) is 17.1. The predicted octanol–water partition coefficient (Wildman–Crippen LogP) is 6.87. The van der Waals surface area contributed by atoms with Crippen molar-refractivity contribution in [2.24, 2.45) is 0 Å². The predicted molar refractivity (Wildman–Crippen MR) is 209 cm³/mol. The van der Waals surface area contributed by atoms with Crippen LogP contribution < -0.4 is 20.9 Å². The van der Waals surface area contributed by atoms with Gasteiger partial charge in [-0.1, -0.05) is 43.4 Å². The third kappa shape index (κ3) is 9.16. The molecule has 0 spiro atoms. The normalized spacial score (nSPS) is 17.6. The lowest BCUT2D eigenvalue weighted by Gasteiger charge is -2.36. The number of aromatic nitrogens is 2. The Kier molecular flexibility index (Phi) is 12.5. The highest BCUT2D eigenvalue weighted by molar-refractivity contribution is 9.10. The third-order valence-corrected chi connectivity index (χ3v) is 11.1. The lowest BCUT2D eigenvalue weighted by Crippen LogP contribution is -2.52. The zero-order valence-electron chi connectivity index (χ0n) is 30.9. The van der Waals surface area contributed by atoms with E-state index < -0.39 is 23.4 Å². The summed E-state index contributed by atoms with van der Waals surface area (Å²) < 4.78 is 21.1. The molecule has 13 nitrogen and oxygen atoms in total. The highest BCUT2D eigenvalue weighted by Crippen LogP contribution is 2.36. The van der Waals surface area contributed by atoms with Gasteiger partial charge in [0, 0.05) is 74.4 Å². The molecule has 0 aliphatic carbocycles. The Morgan fingerprint density at radius 1 is 1.02 bits per heavy atom. The molecule has 3 N–H and O–H groups in total. The zero-order chi connectivity index (χ0) is 38.6. The molecule has 3 aliphatic heterocycles. The van der Waals surface area contributed by atoms with Crippen LogP contribution in [0.3, 0.4) is 0 Å². The Morgan fingerprint density at radius 2 is 1.70 bits per heavy atom. The number of benzene rings is 2. The van der Waals surface area contributed by atoms with Crippen molar-refractivity contribution in [2.75, 3.05) is 54.8 Å². The van der Waals surface area contributed by atoms with Gasteiger partial charge in [-0.05, 0) is 74.2 Å². The summed E-state index contributed by atoms with van der Waals surface area (Å²) in [7, 11) is 0. The largest absolute Gasteiger partial charge is 0.444 e. The second-order valence-electron chi connectivity index (χ2n) is 14.9. The summed E-state index contributed by atoms with van der Waals surface area (Å²) >= 11 is 9.59. The van der Waals surface area contributed by atoms with Gasteiger partial charge in [0.25, 0.3) is 5.91 Å². The van der Waals surface area contributed by atoms with E-state index in [9.17, 15) is 19.2 Å². The highest BCUT2D eigenvalue weighted by atomic mass is 79.9. The molecular weight excluding hydrogens is 783 g/mol. The molecule has 1 atom stereocenters. The summed E-state index contributed by atoms with van der Waals surface area (Å²) in [5, 5.41) is 9.85. The first-order chi connectivity index (χ1) is 25.8. The minimum absolute atomic E-state index is 0.149. The minimum Gasteiger partial charge on any atom is -0.444 e. The van der Waals surface area contributed by atoms with Gasteiger partial charge in [-0.25, -0.2) is 14.2 Å². The average molecular weight is 830 g/mol. The maximum absolute atomic E-state index is 15.4. The van der Waals surface area contributed by atoms with Gasteiger partial charge in [-0.2, -0.15) is 4.98 Å². The van der Waals surface area contributed by atoms with E-state index in [1.54, 1.807) is 21.9 Å². The lowest BCUT2D eigenvalue weighted by molar-refractivity contribution is -0.136. The van der Waals surface area contributed by atoms with Crippen LogP contribution in [0.5, 0.6) is 0 Å². The van der Waals surface area contributed by atoms with E-state index in [4.69, 9.17) is 21.3 Å². The van der Waals surface area contributed by atoms with Gasteiger partial charge in [-0.15, -0.1) is 0 Å². The van der Waals surface area contributed by atoms with Crippen molar-refractivity contribution in [1.82, 2.24) is 25.1 Å². The minimum atomic E-state index is -0.631. The zero-order valence-corrected chi connectivity index (χ0v) is 33.2. The van der Waals surface area contributed by atoms with E-state index in [-0.39, 0.29) is 39.3 Å². The number of anilines is 3. The molecule has 3 aromatic rings. The van der Waals surface area contributed by atoms with Gasteiger partial charge in [0.2, 0.25) is 17.8 Å². The summed E-state index contributed by atoms with van der Waals surface area (Å²) in [6.45, 7) is 9.11. The van der Waals surface area contributed by atoms with Crippen molar-refractivity contribution in [2.45, 2.75) is 90.3 Å². The van der Waals surface area contributed by atoms with Crippen LogP contribution in [-0.4, -0.2) is 94.5 Å². The fourth-order valence-electron chi connectivity index (χ4n) is 7.04. The van der Waals surface area contributed by atoms with Crippen molar-refractivity contribution in [1.29, 1.82) is 0 Å². The van der Waals surface area contributed by atoms with Crippen LogP contribution in [0, 0.1) is 5.82 Å². The average Bonchev–Trinajstić information content (AvgIpc) is 3.47. The van der Waals surface area contributed by atoms with Crippen LogP contribution in [0.4, 0.5) is 26.6 Å². The molecule has 2 fully saturated rings. The van der Waals surface area contributed by atoms with E-state index >= 15 is 4.39 Å². The van der Waals surface area contributed by atoms with E-state index in [0.717, 1.165) is 56.3 Å². The number of carbonyl (C=O) groups excluding carboxylic acids is 4. The molecule has 0 saturated carbocycles. The molecule has 2 aromatic carbocycles. The molecule has 2 saturated heterocycles. The molecule has 1 unspecified atom stereocenters. The SMILES string of the molecule is CC(C)(C)OC(=O)N1CCN(c2nc(NCCCCCCCCNc3cccc4c3CN(C3CCC(=O)NC3=O)C4=O)nc3c(F)c(Br)c(Cl)cc23)CC1. The third-order valence-electron chi connectivity index (χ3n) is 9.82. The number of fused-ring (bicyclic) bond motifs is 2. The van der Waals surface area contributed by atoms with Crippen molar-refractivity contribution >= 4 is 79.7 Å². The second-order valence-corrected chi connectivity index (χ2v) is 16.1. The topological polar surface area (TPSA) is 149 Å². The summed E-state index contributed by atoms with van der Waals surface area (Å²) in [6, 6.07) is 6.64. The van der Waals surface area contributed by atoms with Crippen LogP contribution in [0.15, 0.2) is 28.7 Å². The monoisotopic (exact) mass is 828 g/mol. The molecule has 16 heteroatoms. The number of nitrogens with zero attached hydrogens (tertiary/aromatic N) is 5. The molecule has 290 valence electrons. The molecule has 3 aliphatic rings. The van der Waals surface area contributed by atoms with E-state index in [2.05, 4.69) is 36.9 Å². The standard InChI is InChI=1S/C38H47BrClFN8O5/c1-38(2,3)54-37(53)48-19-17-47(18-20-48)33-24-21-26(40)30(39)31(41)32(24)45-36(46-33)43-16-9-7-5-4-6-8-15-42-27-12-10-11-23-25(27)22-49(35(23)52)28-13-14-29(50)44-34(28)51/h10-12,21,28,42H,4-9,13-20,22H2,1-3H3,(H,43,45,46)(H,44,50,51). The fraction of sp³-hybridized carbons (Fsp3) is 0.526. The first kappa shape index (κ1) is 39.5. The molecule has 6 rings (SSSR count). The van der Waals surface area contributed by atoms with Crippen molar-refractivity contribution in [3.8, 4) is 0 Å². The van der Waals surface area contributed by atoms with E-state index in [1.165, 1.54) is 0 Å². The summed E-state index contributed by atoms with van der Waals surface area (Å²) in [5.41, 5.74) is 1.98. The van der Waals surface area contributed by atoms with E-state index in [0.29, 0.717) is 68.4 Å². The smallest absolute Gasteiger partial charge is 0.410 e. The number of rotatable bonds is 13. The molecule has 4 amide bonds. The first-order valence-electron chi connectivity index (χ1n) is 18.6. The van der Waals surface area contributed by atoms with Crippen LogP contribution in [0.1, 0.15) is 88.1 Å². The Bertz CT molecular complexity index is 1920. The number of hydrogen-bond acceptors (Lipinski definition) is 10. The number of ether oxygens (including phenoxy) is 1. The maximum Gasteiger partial charge on any atom is 0.410 e. The van der Waals surface area contributed by atoms with Crippen LogP contribution in [0.2, 0.25) is 5.02 Å². The molecule has 54 heavy (non-hydrogen) atoms. The number of piperazine rings is 1. The molecule has 4 heterocycles. The number of piperidine rings is 1. The van der Waals surface area contributed by atoms with Gasteiger partial charge in [0.1, 0.15) is 23.0 Å². The van der Waals surface area contributed by atoms with Crippen molar-refractivity contribution in [3.63, 3.8) is 0 Å². The van der Waals surface area contributed by atoms with Gasteiger partial charge < -0.3 is 30.1 Å². The Labute approximate surface area is 327 Å². The fourth-order valence-corrected chi connectivity index (χ4v) is 7.53.